The van der Waals surface area contributed by atoms with Crippen LogP contribution in [0.25, 0.3) is 0 Å². The van der Waals surface area contributed by atoms with Gasteiger partial charge in [-0.2, -0.15) is 0 Å². The van der Waals surface area contributed by atoms with Gasteiger partial charge >= 0.3 is 0 Å². The largest absolute Gasteiger partial charge is 0.398 e. The summed E-state index contributed by atoms with van der Waals surface area (Å²) in [5.41, 5.74) is 7.84. The number of pyridine rings is 1. The number of rotatable bonds is 7. The first-order valence-electron chi connectivity index (χ1n) is 6.14. The van der Waals surface area contributed by atoms with Crippen molar-refractivity contribution in [1.82, 2.24) is 10.3 Å². The lowest BCUT2D eigenvalue weighted by atomic mass is 10.0. The van der Waals surface area contributed by atoms with Crippen LogP contribution in [0.3, 0.4) is 0 Å². The van der Waals surface area contributed by atoms with Gasteiger partial charge in [-0.05, 0) is 32.4 Å². The third-order valence-corrected chi connectivity index (χ3v) is 2.87. The number of nitrogen functional groups attached to an aromatic ring is 1. The van der Waals surface area contributed by atoms with Crippen molar-refractivity contribution in [2.24, 2.45) is 0 Å². The first kappa shape index (κ1) is 13.9. The van der Waals surface area contributed by atoms with E-state index in [1.807, 2.05) is 12.3 Å². The molecule has 0 fully saturated rings. The van der Waals surface area contributed by atoms with Gasteiger partial charge in [-0.3, -0.25) is 4.98 Å². The lowest BCUT2D eigenvalue weighted by molar-refractivity contribution is 0.100. The molecule has 17 heavy (non-hydrogen) atoms. The van der Waals surface area contributed by atoms with E-state index in [-0.39, 0.29) is 12.1 Å². The molecule has 0 aromatic carbocycles. The van der Waals surface area contributed by atoms with E-state index in [1.165, 1.54) is 0 Å². The highest BCUT2D eigenvalue weighted by atomic mass is 16.5. The van der Waals surface area contributed by atoms with Crippen LogP contribution < -0.4 is 11.1 Å². The molecular weight excluding hydrogens is 214 g/mol. The highest BCUT2D eigenvalue weighted by Gasteiger charge is 2.16. The molecule has 96 valence electrons. The number of nitrogens with zero attached hydrogens (tertiary/aromatic N) is 1. The van der Waals surface area contributed by atoms with Crippen molar-refractivity contribution in [1.29, 1.82) is 0 Å². The Labute approximate surface area is 104 Å². The third-order valence-electron chi connectivity index (χ3n) is 2.87. The van der Waals surface area contributed by atoms with Crippen LogP contribution in [0, 0.1) is 0 Å². The molecule has 3 N–H and O–H groups in total. The molecule has 0 saturated carbocycles. The second-order valence-electron chi connectivity index (χ2n) is 4.29. The Hall–Kier alpha value is -1.13. The zero-order chi connectivity index (χ0) is 12.7. The molecule has 0 aliphatic rings. The summed E-state index contributed by atoms with van der Waals surface area (Å²) < 4.78 is 5.32. The molecule has 0 spiro atoms. The summed E-state index contributed by atoms with van der Waals surface area (Å²) in [6.45, 7) is 5.18. The standard InChI is InChI=1S/C13H23N3O/c1-4-6-16-13(8-10(2)17-3)11-9-15-7-5-12(11)14/h5,7,9-10,13,16H,4,6,8H2,1-3H3,(H2,14,15). The van der Waals surface area contributed by atoms with Gasteiger partial charge in [0, 0.05) is 36.8 Å². The average molecular weight is 237 g/mol. The molecule has 1 aromatic rings. The predicted octanol–water partition coefficient (Wildman–Crippen LogP) is 2.13. The van der Waals surface area contributed by atoms with Crippen LogP contribution in [0.5, 0.6) is 0 Å². The molecule has 1 rings (SSSR count). The number of nitrogens with one attached hydrogen (secondary N) is 1. The molecule has 4 nitrogen and oxygen atoms in total. The molecule has 0 amide bonds. The zero-order valence-corrected chi connectivity index (χ0v) is 10.9. The van der Waals surface area contributed by atoms with Crippen molar-refractivity contribution >= 4 is 5.69 Å². The fourth-order valence-corrected chi connectivity index (χ4v) is 1.78. The van der Waals surface area contributed by atoms with E-state index in [2.05, 4.69) is 24.1 Å². The summed E-state index contributed by atoms with van der Waals surface area (Å²) in [7, 11) is 1.73. The normalized spacial score (nSPS) is 14.5. The first-order chi connectivity index (χ1) is 8.19. The fourth-order valence-electron chi connectivity index (χ4n) is 1.78. The maximum Gasteiger partial charge on any atom is 0.0561 e. The van der Waals surface area contributed by atoms with Gasteiger partial charge in [0.15, 0.2) is 0 Å². The lowest BCUT2D eigenvalue weighted by Gasteiger charge is -2.22. The minimum atomic E-state index is 0.198. The summed E-state index contributed by atoms with van der Waals surface area (Å²) in [6, 6.07) is 2.05. The Morgan fingerprint density at radius 2 is 2.29 bits per heavy atom. The van der Waals surface area contributed by atoms with Crippen LogP contribution >= 0.6 is 0 Å². The molecular formula is C13H23N3O. The van der Waals surface area contributed by atoms with E-state index in [0.29, 0.717) is 0 Å². The van der Waals surface area contributed by atoms with Crippen LogP contribution in [0.2, 0.25) is 0 Å². The van der Waals surface area contributed by atoms with Crippen LogP contribution in [0.4, 0.5) is 5.69 Å². The maximum atomic E-state index is 5.99. The van der Waals surface area contributed by atoms with E-state index >= 15 is 0 Å². The maximum absolute atomic E-state index is 5.99. The highest BCUT2D eigenvalue weighted by Crippen LogP contribution is 2.23. The lowest BCUT2D eigenvalue weighted by Crippen LogP contribution is -2.26. The number of aromatic nitrogens is 1. The molecule has 0 aliphatic carbocycles. The molecule has 1 aromatic heterocycles. The Morgan fingerprint density at radius 1 is 1.53 bits per heavy atom. The average Bonchev–Trinajstić information content (AvgIpc) is 2.35. The van der Waals surface area contributed by atoms with Crippen LogP contribution in [0.15, 0.2) is 18.5 Å². The number of nitrogens with two attached hydrogens (primary N) is 1. The van der Waals surface area contributed by atoms with Gasteiger partial charge in [0.05, 0.1) is 6.10 Å². The van der Waals surface area contributed by atoms with Gasteiger partial charge in [-0.15, -0.1) is 0 Å². The molecule has 0 bridgehead atoms. The molecule has 4 heteroatoms. The Morgan fingerprint density at radius 3 is 2.88 bits per heavy atom. The number of ether oxygens (including phenoxy) is 1. The van der Waals surface area contributed by atoms with Crippen molar-refractivity contribution in [3.63, 3.8) is 0 Å². The summed E-state index contributed by atoms with van der Waals surface area (Å²) in [5, 5.41) is 3.49. The van der Waals surface area contributed by atoms with Gasteiger partial charge < -0.3 is 15.8 Å². The second kappa shape index (κ2) is 7.25. The number of hydrogen-bond donors (Lipinski definition) is 2. The number of anilines is 1. The smallest absolute Gasteiger partial charge is 0.0561 e. The Balaban J connectivity index is 2.78. The van der Waals surface area contributed by atoms with E-state index in [1.54, 1.807) is 13.3 Å². The van der Waals surface area contributed by atoms with Gasteiger partial charge in [0.2, 0.25) is 0 Å². The van der Waals surface area contributed by atoms with Gasteiger partial charge in [-0.25, -0.2) is 0 Å². The zero-order valence-electron chi connectivity index (χ0n) is 10.9. The SMILES string of the molecule is CCCNC(CC(C)OC)c1cnccc1N. The summed E-state index contributed by atoms with van der Waals surface area (Å²) in [4.78, 5) is 4.15. The molecule has 0 aliphatic heterocycles. The van der Waals surface area contributed by atoms with Crippen LogP contribution in [-0.4, -0.2) is 24.7 Å². The monoisotopic (exact) mass is 237 g/mol. The molecule has 2 unspecified atom stereocenters. The van der Waals surface area contributed by atoms with E-state index in [0.717, 1.165) is 30.6 Å². The quantitative estimate of drug-likeness (QED) is 0.762. The van der Waals surface area contributed by atoms with Crippen molar-refractivity contribution in [2.45, 2.75) is 38.8 Å². The van der Waals surface area contributed by atoms with Gasteiger partial charge in [0.1, 0.15) is 0 Å². The summed E-state index contributed by atoms with van der Waals surface area (Å²) >= 11 is 0. The highest BCUT2D eigenvalue weighted by molar-refractivity contribution is 5.46. The van der Waals surface area contributed by atoms with Gasteiger partial charge in [-0.1, -0.05) is 6.92 Å². The van der Waals surface area contributed by atoms with Crippen molar-refractivity contribution < 1.29 is 4.74 Å². The van der Waals surface area contributed by atoms with E-state index in [9.17, 15) is 0 Å². The molecule has 1 heterocycles. The van der Waals surface area contributed by atoms with E-state index < -0.39 is 0 Å². The van der Waals surface area contributed by atoms with Gasteiger partial charge in [0.25, 0.3) is 0 Å². The first-order valence-corrected chi connectivity index (χ1v) is 6.14. The Kier molecular flexibility index (Phi) is 5.94. The van der Waals surface area contributed by atoms with Crippen molar-refractivity contribution in [2.75, 3.05) is 19.4 Å². The predicted molar refractivity (Wildman–Crippen MR) is 70.8 cm³/mol. The van der Waals surface area contributed by atoms with Crippen molar-refractivity contribution in [3.8, 4) is 0 Å². The number of methoxy groups -OCH3 is 1. The van der Waals surface area contributed by atoms with E-state index in [4.69, 9.17) is 10.5 Å². The van der Waals surface area contributed by atoms with Crippen LogP contribution in [-0.2, 0) is 4.74 Å². The second-order valence-corrected chi connectivity index (χ2v) is 4.29. The topological polar surface area (TPSA) is 60.2 Å². The minimum Gasteiger partial charge on any atom is -0.398 e. The minimum absolute atomic E-state index is 0.198. The fraction of sp³-hybridized carbons (Fsp3) is 0.615. The van der Waals surface area contributed by atoms with Crippen molar-refractivity contribution in [3.05, 3.63) is 24.0 Å². The summed E-state index contributed by atoms with van der Waals surface area (Å²) in [5.74, 6) is 0. The number of hydrogen-bond acceptors (Lipinski definition) is 4. The Bertz CT molecular complexity index is 330. The third kappa shape index (κ3) is 4.32. The molecule has 0 saturated heterocycles. The summed E-state index contributed by atoms with van der Waals surface area (Å²) in [6.07, 6.45) is 5.74. The molecule has 0 radical (unpaired) electrons. The van der Waals surface area contributed by atoms with Crippen LogP contribution in [0.1, 0.15) is 38.3 Å². The molecule has 2 atom stereocenters.